The summed E-state index contributed by atoms with van der Waals surface area (Å²) in [4.78, 5) is 11.7. The zero-order valence-corrected chi connectivity index (χ0v) is 10.3. The van der Waals surface area contributed by atoms with E-state index in [1.165, 1.54) is 12.4 Å². The van der Waals surface area contributed by atoms with Gasteiger partial charge in [-0.1, -0.05) is 0 Å². The van der Waals surface area contributed by atoms with Crippen molar-refractivity contribution in [2.24, 2.45) is 0 Å². The molecule has 0 aliphatic carbocycles. The molecule has 1 amide bonds. The van der Waals surface area contributed by atoms with E-state index < -0.39 is 13.0 Å². The number of anilines is 1. The van der Waals surface area contributed by atoms with E-state index in [0.29, 0.717) is 18.9 Å². The number of halogens is 2. The third kappa shape index (κ3) is 4.56. The van der Waals surface area contributed by atoms with Crippen molar-refractivity contribution in [3.05, 3.63) is 12.4 Å². The summed E-state index contributed by atoms with van der Waals surface area (Å²) in [6.07, 6.45) is 0.548. The first-order chi connectivity index (χ1) is 9.13. The van der Waals surface area contributed by atoms with Gasteiger partial charge in [0, 0.05) is 25.2 Å². The van der Waals surface area contributed by atoms with E-state index >= 15 is 0 Å². The number of carbonyl (C=O) groups is 1. The van der Waals surface area contributed by atoms with Gasteiger partial charge in [0.1, 0.15) is 6.54 Å². The molecule has 1 aromatic rings. The van der Waals surface area contributed by atoms with E-state index in [4.69, 9.17) is 4.74 Å². The van der Waals surface area contributed by atoms with Gasteiger partial charge in [0.05, 0.1) is 25.1 Å². The Hall–Kier alpha value is -1.54. The molecule has 0 aromatic carbocycles. The zero-order valence-electron chi connectivity index (χ0n) is 10.3. The van der Waals surface area contributed by atoms with Gasteiger partial charge in [-0.15, -0.1) is 0 Å². The first-order valence-electron chi connectivity index (χ1n) is 6.05. The molecule has 1 unspecified atom stereocenters. The molecule has 1 saturated heterocycles. The molecule has 0 spiro atoms. The van der Waals surface area contributed by atoms with Crippen molar-refractivity contribution < 1.29 is 18.3 Å². The lowest BCUT2D eigenvalue weighted by molar-refractivity contribution is -0.117. The van der Waals surface area contributed by atoms with Gasteiger partial charge in [-0.25, -0.2) is 8.78 Å². The van der Waals surface area contributed by atoms with Gasteiger partial charge in [-0.05, 0) is 0 Å². The number of hydrogen-bond donors (Lipinski definition) is 2. The fourth-order valence-corrected chi connectivity index (χ4v) is 1.86. The van der Waals surface area contributed by atoms with Crippen LogP contribution in [0, 0.1) is 0 Å². The third-order valence-electron chi connectivity index (χ3n) is 2.67. The van der Waals surface area contributed by atoms with Crippen LogP contribution in [0.1, 0.15) is 6.42 Å². The summed E-state index contributed by atoms with van der Waals surface area (Å²) >= 11 is 0. The summed E-state index contributed by atoms with van der Waals surface area (Å²) in [6, 6.07) is -0.00939. The number of alkyl halides is 2. The monoisotopic (exact) mass is 274 g/mol. The highest BCUT2D eigenvalue weighted by Gasteiger charge is 2.17. The topological polar surface area (TPSA) is 68.2 Å². The highest BCUT2D eigenvalue weighted by atomic mass is 19.3. The van der Waals surface area contributed by atoms with Crippen LogP contribution in [-0.2, 0) is 16.1 Å². The van der Waals surface area contributed by atoms with Gasteiger partial charge < -0.3 is 15.4 Å². The number of rotatable bonds is 5. The molecule has 2 heterocycles. The Kier molecular flexibility index (Phi) is 4.80. The van der Waals surface area contributed by atoms with Crippen LogP contribution < -0.4 is 10.6 Å². The van der Waals surface area contributed by atoms with Crippen LogP contribution in [-0.4, -0.2) is 47.9 Å². The van der Waals surface area contributed by atoms with E-state index in [1.807, 2.05) is 0 Å². The summed E-state index contributed by atoms with van der Waals surface area (Å²) in [6.45, 7) is 1.40. The Balaban J connectivity index is 1.79. The van der Waals surface area contributed by atoms with Gasteiger partial charge >= 0.3 is 0 Å². The van der Waals surface area contributed by atoms with E-state index in [-0.39, 0.29) is 18.4 Å². The zero-order chi connectivity index (χ0) is 13.7. The summed E-state index contributed by atoms with van der Waals surface area (Å²) in [5, 5.41) is 9.52. The number of morpholine rings is 1. The molecule has 19 heavy (non-hydrogen) atoms. The van der Waals surface area contributed by atoms with E-state index in [2.05, 4.69) is 15.7 Å². The third-order valence-corrected chi connectivity index (χ3v) is 2.67. The molecular weight excluding hydrogens is 258 g/mol. The fourth-order valence-electron chi connectivity index (χ4n) is 1.86. The predicted molar refractivity (Wildman–Crippen MR) is 64.1 cm³/mol. The van der Waals surface area contributed by atoms with E-state index in [1.54, 1.807) is 0 Å². The van der Waals surface area contributed by atoms with Crippen molar-refractivity contribution in [3.63, 3.8) is 0 Å². The largest absolute Gasteiger partial charge is 0.378 e. The Labute approximate surface area is 109 Å². The van der Waals surface area contributed by atoms with E-state index in [0.717, 1.165) is 11.2 Å². The van der Waals surface area contributed by atoms with Crippen molar-refractivity contribution >= 4 is 11.6 Å². The minimum atomic E-state index is -2.47. The number of carbonyl (C=O) groups excluding carboxylic acids is 1. The van der Waals surface area contributed by atoms with Gasteiger partial charge in [0.2, 0.25) is 5.91 Å². The highest BCUT2D eigenvalue weighted by molar-refractivity contribution is 5.90. The maximum atomic E-state index is 12.1. The number of aromatic nitrogens is 2. The molecule has 6 nitrogen and oxygen atoms in total. The number of nitrogens with one attached hydrogen (secondary N) is 2. The molecule has 1 atom stereocenters. The summed E-state index contributed by atoms with van der Waals surface area (Å²) in [5.74, 6) is -0.195. The molecule has 0 bridgehead atoms. The second kappa shape index (κ2) is 6.58. The van der Waals surface area contributed by atoms with Gasteiger partial charge in [-0.3, -0.25) is 9.48 Å². The maximum Gasteiger partial charge on any atom is 0.257 e. The lowest BCUT2D eigenvalue weighted by atomic mass is 10.2. The molecule has 0 saturated carbocycles. The number of hydrogen-bond acceptors (Lipinski definition) is 4. The second-order valence-corrected chi connectivity index (χ2v) is 4.32. The number of amides is 1. The van der Waals surface area contributed by atoms with Crippen LogP contribution in [0.5, 0.6) is 0 Å². The SMILES string of the molecule is O=C(CC1COCCN1)Nc1cnn(CC(F)F)c1. The van der Waals surface area contributed by atoms with Crippen molar-refractivity contribution in [1.29, 1.82) is 0 Å². The lowest BCUT2D eigenvalue weighted by Crippen LogP contribution is -2.43. The Morgan fingerprint density at radius 1 is 1.68 bits per heavy atom. The maximum absolute atomic E-state index is 12.1. The smallest absolute Gasteiger partial charge is 0.257 e. The molecule has 1 aliphatic rings. The van der Waals surface area contributed by atoms with Crippen LogP contribution >= 0.6 is 0 Å². The molecule has 1 fully saturated rings. The summed E-state index contributed by atoms with van der Waals surface area (Å²) < 4.78 is 30.6. The molecule has 106 valence electrons. The molecule has 2 rings (SSSR count). The summed E-state index contributed by atoms with van der Waals surface area (Å²) in [7, 11) is 0. The molecule has 0 radical (unpaired) electrons. The van der Waals surface area contributed by atoms with Crippen molar-refractivity contribution in [2.75, 3.05) is 25.1 Å². The lowest BCUT2D eigenvalue weighted by Gasteiger charge is -2.23. The number of nitrogens with zero attached hydrogens (tertiary/aromatic N) is 2. The Morgan fingerprint density at radius 3 is 3.21 bits per heavy atom. The van der Waals surface area contributed by atoms with E-state index in [9.17, 15) is 13.6 Å². The first kappa shape index (κ1) is 13.9. The van der Waals surface area contributed by atoms with Gasteiger partial charge in [0.15, 0.2) is 0 Å². The van der Waals surface area contributed by atoms with Gasteiger partial charge in [0.25, 0.3) is 6.43 Å². The molecular formula is C11H16F2N4O2. The molecule has 1 aromatic heterocycles. The predicted octanol–water partition coefficient (Wildman–Crippen LogP) is 0.465. The van der Waals surface area contributed by atoms with Gasteiger partial charge in [-0.2, -0.15) is 5.10 Å². The van der Waals surface area contributed by atoms with Crippen LogP contribution in [0.3, 0.4) is 0 Å². The average Bonchev–Trinajstić information content (AvgIpc) is 2.76. The van der Waals surface area contributed by atoms with Crippen molar-refractivity contribution in [3.8, 4) is 0 Å². The second-order valence-electron chi connectivity index (χ2n) is 4.32. The standard InChI is InChI=1S/C11H16F2N4O2/c12-10(13)6-17-5-9(4-15-17)16-11(18)3-8-7-19-2-1-14-8/h4-5,8,10,14H,1-3,6-7H2,(H,16,18). The number of ether oxygens (including phenoxy) is 1. The average molecular weight is 274 g/mol. The fraction of sp³-hybridized carbons (Fsp3) is 0.636. The first-order valence-corrected chi connectivity index (χ1v) is 6.05. The van der Waals surface area contributed by atoms with Crippen LogP contribution in [0.25, 0.3) is 0 Å². The van der Waals surface area contributed by atoms with Crippen molar-refractivity contribution in [1.82, 2.24) is 15.1 Å². The minimum absolute atomic E-state index is 0.00939. The summed E-state index contributed by atoms with van der Waals surface area (Å²) in [5.41, 5.74) is 0.419. The highest BCUT2D eigenvalue weighted by Crippen LogP contribution is 2.08. The van der Waals surface area contributed by atoms with Crippen molar-refractivity contribution in [2.45, 2.75) is 25.4 Å². The van der Waals surface area contributed by atoms with Crippen LogP contribution in [0.4, 0.5) is 14.5 Å². The Bertz CT molecular complexity index is 419. The van der Waals surface area contributed by atoms with Crippen LogP contribution in [0.2, 0.25) is 0 Å². The van der Waals surface area contributed by atoms with Crippen LogP contribution in [0.15, 0.2) is 12.4 Å². The Morgan fingerprint density at radius 2 is 2.53 bits per heavy atom. The molecule has 8 heteroatoms. The normalized spacial score (nSPS) is 19.6. The molecule has 1 aliphatic heterocycles. The quantitative estimate of drug-likeness (QED) is 0.819. The minimum Gasteiger partial charge on any atom is -0.378 e. The molecule has 2 N–H and O–H groups in total.